The fourth-order valence-corrected chi connectivity index (χ4v) is 3.83. The van der Waals surface area contributed by atoms with Gasteiger partial charge in [0.05, 0.1) is 5.56 Å². The van der Waals surface area contributed by atoms with Gasteiger partial charge in [0.2, 0.25) is 0 Å². The predicted octanol–water partition coefficient (Wildman–Crippen LogP) is 3.40. The van der Waals surface area contributed by atoms with Gasteiger partial charge in [-0.2, -0.15) is 0 Å². The average molecular weight is 273 g/mol. The van der Waals surface area contributed by atoms with Crippen molar-refractivity contribution in [2.75, 3.05) is 13.1 Å². The highest BCUT2D eigenvalue weighted by Crippen LogP contribution is 2.36. The van der Waals surface area contributed by atoms with Crippen LogP contribution in [0.1, 0.15) is 48.0 Å². The third kappa shape index (κ3) is 3.04. The third-order valence-corrected chi connectivity index (χ3v) is 4.98. The molecule has 0 amide bonds. The van der Waals surface area contributed by atoms with E-state index in [2.05, 4.69) is 4.90 Å². The molecule has 108 valence electrons. The van der Waals surface area contributed by atoms with Crippen LogP contribution in [-0.2, 0) is 6.54 Å². The van der Waals surface area contributed by atoms with Gasteiger partial charge >= 0.3 is 5.97 Å². The van der Waals surface area contributed by atoms with Crippen LogP contribution in [0.15, 0.2) is 24.3 Å². The number of likely N-dealkylation sites (tertiary alicyclic amines) is 1. The van der Waals surface area contributed by atoms with Crippen molar-refractivity contribution in [3.05, 3.63) is 35.4 Å². The summed E-state index contributed by atoms with van der Waals surface area (Å²) < 4.78 is 0. The van der Waals surface area contributed by atoms with Crippen LogP contribution in [0.4, 0.5) is 0 Å². The van der Waals surface area contributed by atoms with E-state index in [0.717, 1.165) is 18.4 Å². The lowest BCUT2D eigenvalue weighted by Gasteiger charge is -2.41. The van der Waals surface area contributed by atoms with Crippen molar-refractivity contribution in [1.29, 1.82) is 0 Å². The number of hydrogen-bond donors (Lipinski definition) is 1. The van der Waals surface area contributed by atoms with Crippen LogP contribution in [0.3, 0.4) is 0 Å². The van der Waals surface area contributed by atoms with Gasteiger partial charge in [-0.1, -0.05) is 31.4 Å². The maximum atomic E-state index is 10.8. The molecule has 1 saturated carbocycles. The number of piperidine rings is 1. The Balaban J connectivity index is 1.59. The van der Waals surface area contributed by atoms with Crippen LogP contribution in [0.25, 0.3) is 0 Å². The minimum Gasteiger partial charge on any atom is -0.478 e. The Morgan fingerprint density at radius 3 is 2.50 bits per heavy atom. The van der Waals surface area contributed by atoms with Crippen molar-refractivity contribution in [3.63, 3.8) is 0 Å². The van der Waals surface area contributed by atoms with Gasteiger partial charge in [0.25, 0.3) is 0 Å². The van der Waals surface area contributed by atoms with Gasteiger partial charge in [-0.3, -0.25) is 4.90 Å². The van der Waals surface area contributed by atoms with E-state index in [9.17, 15) is 4.79 Å². The standard InChI is InChI=1S/C17H23NO2/c19-17(20)15-7-5-13(6-8-15)11-18-10-9-14-3-1-2-4-16(14)12-18/h5-8,14,16H,1-4,9-12H2,(H,19,20). The van der Waals surface area contributed by atoms with E-state index in [1.165, 1.54) is 50.8 Å². The average Bonchev–Trinajstić information content (AvgIpc) is 2.48. The Morgan fingerprint density at radius 2 is 1.80 bits per heavy atom. The zero-order chi connectivity index (χ0) is 13.9. The van der Waals surface area contributed by atoms with Gasteiger partial charge in [0, 0.05) is 13.1 Å². The van der Waals surface area contributed by atoms with E-state index in [1.807, 2.05) is 12.1 Å². The molecule has 1 aliphatic heterocycles. The van der Waals surface area contributed by atoms with Gasteiger partial charge in [-0.15, -0.1) is 0 Å². The Hall–Kier alpha value is -1.35. The summed E-state index contributed by atoms with van der Waals surface area (Å²) in [5.74, 6) is 1.02. The predicted molar refractivity (Wildman–Crippen MR) is 78.7 cm³/mol. The zero-order valence-electron chi connectivity index (χ0n) is 11.9. The van der Waals surface area contributed by atoms with E-state index in [1.54, 1.807) is 12.1 Å². The molecule has 1 N–H and O–H groups in total. The first-order chi connectivity index (χ1) is 9.72. The fourth-order valence-electron chi connectivity index (χ4n) is 3.83. The number of fused-ring (bicyclic) bond motifs is 1. The monoisotopic (exact) mass is 273 g/mol. The number of aromatic carboxylic acids is 1. The highest BCUT2D eigenvalue weighted by atomic mass is 16.4. The molecule has 1 aromatic carbocycles. The summed E-state index contributed by atoms with van der Waals surface area (Å²) >= 11 is 0. The molecule has 1 aliphatic carbocycles. The van der Waals surface area contributed by atoms with E-state index in [0.29, 0.717) is 5.56 Å². The Labute approximate surface area is 120 Å². The molecule has 1 saturated heterocycles. The second-order valence-corrected chi connectivity index (χ2v) is 6.33. The summed E-state index contributed by atoms with van der Waals surface area (Å²) in [5.41, 5.74) is 1.60. The molecule has 3 nitrogen and oxygen atoms in total. The number of carboxylic acid groups (broad SMARTS) is 1. The van der Waals surface area contributed by atoms with Crippen LogP contribution >= 0.6 is 0 Å². The summed E-state index contributed by atoms with van der Waals surface area (Å²) in [7, 11) is 0. The number of nitrogens with zero attached hydrogens (tertiary/aromatic N) is 1. The lowest BCUT2D eigenvalue weighted by atomic mass is 9.75. The lowest BCUT2D eigenvalue weighted by molar-refractivity contribution is 0.0696. The smallest absolute Gasteiger partial charge is 0.335 e. The Morgan fingerprint density at radius 1 is 1.10 bits per heavy atom. The van der Waals surface area contributed by atoms with Crippen LogP contribution in [-0.4, -0.2) is 29.1 Å². The molecule has 0 aromatic heterocycles. The quantitative estimate of drug-likeness (QED) is 0.917. The highest BCUT2D eigenvalue weighted by molar-refractivity contribution is 5.87. The Kier molecular flexibility index (Phi) is 4.06. The molecule has 0 bridgehead atoms. The van der Waals surface area contributed by atoms with Crippen molar-refractivity contribution in [2.45, 2.75) is 38.6 Å². The first-order valence-corrected chi connectivity index (χ1v) is 7.77. The number of rotatable bonds is 3. The van der Waals surface area contributed by atoms with Crippen molar-refractivity contribution in [1.82, 2.24) is 4.90 Å². The summed E-state index contributed by atoms with van der Waals surface area (Å²) in [6.45, 7) is 3.39. The third-order valence-electron chi connectivity index (χ3n) is 4.98. The lowest BCUT2D eigenvalue weighted by Crippen LogP contribution is -2.41. The van der Waals surface area contributed by atoms with Crippen LogP contribution < -0.4 is 0 Å². The summed E-state index contributed by atoms with van der Waals surface area (Å²) in [4.78, 5) is 13.4. The molecule has 2 aliphatic rings. The molecular weight excluding hydrogens is 250 g/mol. The molecule has 3 heteroatoms. The summed E-state index contributed by atoms with van der Waals surface area (Å²) in [6, 6.07) is 7.34. The number of carbonyl (C=O) groups is 1. The molecule has 2 fully saturated rings. The molecule has 1 heterocycles. The van der Waals surface area contributed by atoms with Gasteiger partial charge in [-0.05, 0) is 48.9 Å². The maximum Gasteiger partial charge on any atom is 0.335 e. The van der Waals surface area contributed by atoms with Crippen molar-refractivity contribution >= 4 is 5.97 Å². The summed E-state index contributed by atoms with van der Waals surface area (Å²) in [5, 5.41) is 8.92. The van der Waals surface area contributed by atoms with E-state index < -0.39 is 5.97 Å². The Bertz CT molecular complexity index is 468. The largest absolute Gasteiger partial charge is 0.478 e. The summed E-state index contributed by atoms with van der Waals surface area (Å²) in [6.07, 6.45) is 7.02. The molecule has 20 heavy (non-hydrogen) atoms. The molecule has 0 radical (unpaired) electrons. The number of hydrogen-bond acceptors (Lipinski definition) is 2. The number of benzene rings is 1. The number of carboxylic acids is 1. The second kappa shape index (κ2) is 5.96. The van der Waals surface area contributed by atoms with Gasteiger partial charge in [0.15, 0.2) is 0 Å². The molecule has 2 unspecified atom stereocenters. The molecule has 1 aromatic rings. The van der Waals surface area contributed by atoms with Crippen LogP contribution in [0.2, 0.25) is 0 Å². The molecular formula is C17H23NO2. The molecule has 0 spiro atoms. The van der Waals surface area contributed by atoms with Crippen molar-refractivity contribution < 1.29 is 9.90 Å². The maximum absolute atomic E-state index is 10.8. The minimum atomic E-state index is -0.848. The topological polar surface area (TPSA) is 40.5 Å². The molecule has 2 atom stereocenters. The van der Waals surface area contributed by atoms with E-state index >= 15 is 0 Å². The SMILES string of the molecule is O=C(O)c1ccc(CN2CCC3CCCCC3C2)cc1. The van der Waals surface area contributed by atoms with Gasteiger partial charge in [-0.25, -0.2) is 4.79 Å². The van der Waals surface area contributed by atoms with Gasteiger partial charge in [0.1, 0.15) is 0 Å². The zero-order valence-corrected chi connectivity index (χ0v) is 11.9. The van der Waals surface area contributed by atoms with Crippen molar-refractivity contribution in [3.8, 4) is 0 Å². The second-order valence-electron chi connectivity index (χ2n) is 6.33. The fraction of sp³-hybridized carbons (Fsp3) is 0.588. The van der Waals surface area contributed by atoms with E-state index in [4.69, 9.17) is 5.11 Å². The molecule has 3 rings (SSSR count). The normalized spacial score (nSPS) is 27.0. The van der Waals surface area contributed by atoms with E-state index in [-0.39, 0.29) is 0 Å². The van der Waals surface area contributed by atoms with Gasteiger partial charge < -0.3 is 5.11 Å². The first-order valence-electron chi connectivity index (χ1n) is 7.77. The first kappa shape index (κ1) is 13.6. The van der Waals surface area contributed by atoms with Crippen LogP contribution in [0.5, 0.6) is 0 Å². The highest BCUT2D eigenvalue weighted by Gasteiger charge is 2.30. The van der Waals surface area contributed by atoms with Crippen LogP contribution in [0, 0.1) is 11.8 Å². The minimum absolute atomic E-state index is 0.375. The van der Waals surface area contributed by atoms with Crippen molar-refractivity contribution in [2.24, 2.45) is 11.8 Å².